The third-order valence-electron chi connectivity index (χ3n) is 6.37. The third-order valence-corrected chi connectivity index (χ3v) is 6.37. The molecule has 3 heteroatoms. The summed E-state index contributed by atoms with van der Waals surface area (Å²) in [5, 5.41) is 1.22. The standard InChI is InChI=1S/C21H36N2O/c1-6-22(7-2,8-3)15-16-23(9-4,10-5)18-20-17-19-13-11-12-14-21(19)24-20/h11-14,17H,6-10,15-16,18H2,1-5H3/q+2. The SMILES string of the molecule is CC[N+](CC)(CC)CC[N+](CC)(CC)Cc1cc2ccccc2o1. The second-order valence-corrected chi connectivity index (χ2v) is 7.12. The lowest BCUT2D eigenvalue weighted by Crippen LogP contribution is -2.57. The van der Waals surface area contributed by atoms with Gasteiger partial charge in [-0.05, 0) is 46.8 Å². The Morgan fingerprint density at radius 2 is 1.29 bits per heavy atom. The molecule has 24 heavy (non-hydrogen) atoms. The van der Waals surface area contributed by atoms with Gasteiger partial charge in [-0.2, -0.15) is 0 Å². The van der Waals surface area contributed by atoms with Gasteiger partial charge in [0.1, 0.15) is 25.2 Å². The number of quaternary nitrogens is 2. The summed E-state index contributed by atoms with van der Waals surface area (Å²) in [4.78, 5) is 0. The molecule has 0 atom stereocenters. The lowest BCUT2D eigenvalue weighted by atomic mass is 10.2. The third kappa shape index (κ3) is 4.01. The van der Waals surface area contributed by atoms with Gasteiger partial charge in [0.2, 0.25) is 0 Å². The van der Waals surface area contributed by atoms with Crippen LogP contribution in [-0.4, -0.2) is 54.8 Å². The van der Waals surface area contributed by atoms with Gasteiger partial charge in [-0.15, -0.1) is 0 Å². The van der Waals surface area contributed by atoms with Crippen LogP contribution in [0.1, 0.15) is 40.4 Å². The Morgan fingerprint density at radius 3 is 1.83 bits per heavy atom. The van der Waals surface area contributed by atoms with E-state index in [2.05, 4.69) is 58.9 Å². The Hall–Kier alpha value is -1.32. The molecular weight excluding hydrogens is 296 g/mol. The summed E-state index contributed by atoms with van der Waals surface area (Å²) in [6.07, 6.45) is 0. The highest BCUT2D eigenvalue weighted by Crippen LogP contribution is 2.23. The van der Waals surface area contributed by atoms with Crippen molar-refractivity contribution >= 4 is 11.0 Å². The molecule has 0 amide bonds. The summed E-state index contributed by atoms with van der Waals surface area (Å²) in [5.74, 6) is 1.13. The molecule has 0 saturated heterocycles. The number of fused-ring (bicyclic) bond motifs is 1. The summed E-state index contributed by atoms with van der Waals surface area (Å²) >= 11 is 0. The Balaban J connectivity index is 2.17. The van der Waals surface area contributed by atoms with Crippen LogP contribution in [0.25, 0.3) is 11.0 Å². The van der Waals surface area contributed by atoms with Crippen LogP contribution in [-0.2, 0) is 6.54 Å². The van der Waals surface area contributed by atoms with Gasteiger partial charge >= 0.3 is 0 Å². The van der Waals surface area contributed by atoms with E-state index in [0.717, 1.165) is 35.5 Å². The van der Waals surface area contributed by atoms with Gasteiger partial charge < -0.3 is 13.4 Å². The summed E-state index contributed by atoms with van der Waals surface area (Å²) in [6.45, 7) is 21.1. The first-order chi connectivity index (χ1) is 11.6. The van der Waals surface area contributed by atoms with Crippen molar-refractivity contribution in [1.29, 1.82) is 0 Å². The van der Waals surface area contributed by atoms with E-state index < -0.39 is 0 Å². The number of hydrogen-bond acceptors (Lipinski definition) is 1. The van der Waals surface area contributed by atoms with Crippen molar-refractivity contribution in [2.45, 2.75) is 41.2 Å². The summed E-state index contributed by atoms with van der Waals surface area (Å²) in [5.41, 5.74) is 1.01. The zero-order valence-electron chi connectivity index (χ0n) is 16.3. The molecule has 3 nitrogen and oxygen atoms in total. The molecule has 0 fully saturated rings. The molecule has 0 N–H and O–H groups in total. The molecule has 1 aromatic carbocycles. The Morgan fingerprint density at radius 1 is 0.750 bits per heavy atom. The Bertz CT molecular complexity index is 582. The van der Waals surface area contributed by atoms with Crippen LogP contribution >= 0.6 is 0 Å². The summed E-state index contributed by atoms with van der Waals surface area (Å²) < 4.78 is 8.45. The van der Waals surface area contributed by atoms with Crippen molar-refractivity contribution in [2.24, 2.45) is 0 Å². The topological polar surface area (TPSA) is 13.1 Å². The molecule has 0 aliphatic rings. The van der Waals surface area contributed by atoms with Gasteiger partial charge in [0, 0.05) is 5.39 Å². The normalized spacial score (nSPS) is 12.9. The molecule has 2 aromatic rings. The van der Waals surface area contributed by atoms with Gasteiger partial charge in [0.05, 0.1) is 32.7 Å². The fourth-order valence-electron chi connectivity index (χ4n) is 3.86. The number of rotatable bonds is 10. The molecular formula is C21H36N2O+2. The zero-order valence-corrected chi connectivity index (χ0v) is 16.3. The van der Waals surface area contributed by atoms with Crippen molar-refractivity contribution in [3.63, 3.8) is 0 Å². The van der Waals surface area contributed by atoms with E-state index in [0.29, 0.717) is 0 Å². The van der Waals surface area contributed by atoms with E-state index in [1.165, 1.54) is 42.6 Å². The monoisotopic (exact) mass is 332 g/mol. The van der Waals surface area contributed by atoms with E-state index in [1.807, 2.05) is 6.07 Å². The lowest BCUT2D eigenvalue weighted by molar-refractivity contribution is -0.984. The van der Waals surface area contributed by atoms with Crippen LogP contribution in [0.2, 0.25) is 0 Å². The van der Waals surface area contributed by atoms with Crippen LogP contribution in [0.15, 0.2) is 34.7 Å². The van der Waals surface area contributed by atoms with Crippen LogP contribution in [0.4, 0.5) is 0 Å². The summed E-state index contributed by atoms with van der Waals surface area (Å²) in [6, 6.07) is 10.6. The van der Waals surface area contributed by atoms with E-state index in [1.54, 1.807) is 0 Å². The zero-order chi connectivity index (χ0) is 17.6. The van der Waals surface area contributed by atoms with Crippen LogP contribution in [0.3, 0.4) is 0 Å². The highest BCUT2D eigenvalue weighted by atomic mass is 16.3. The van der Waals surface area contributed by atoms with Crippen LogP contribution in [0.5, 0.6) is 0 Å². The Kier molecular flexibility index (Phi) is 6.47. The second kappa shape index (κ2) is 8.17. The molecule has 0 bridgehead atoms. The maximum Gasteiger partial charge on any atom is 0.159 e. The van der Waals surface area contributed by atoms with Crippen LogP contribution < -0.4 is 0 Å². The van der Waals surface area contributed by atoms with Gasteiger partial charge in [-0.1, -0.05) is 18.2 Å². The molecule has 134 valence electrons. The number of furan rings is 1. The molecule has 1 heterocycles. The first kappa shape index (κ1) is 19.0. The first-order valence-electron chi connectivity index (χ1n) is 9.73. The molecule has 1 aromatic heterocycles. The van der Waals surface area contributed by atoms with Gasteiger partial charge in [0.25, 0.3) is 0 Å². The Labute approximate surface area is 148 Å². The summed E-state index contributed by atoms with van der Waals surface area (Å²) in [7, 11) is 0. The van der Waals surface area contributed by atoms with Gasteiger partial charge in [0.15, 0.2) is 5.76 Å². The van der Waals surface area contributed by atoms with Gasteiger partial charge in [-0.3, -0.25) is 0 Å². The fourth-order valence-corrected chi connectivity index (χ4v) is 3.86. The van der Waals surface area contributed by atoms with E-state index in [9.17, 15) is 0 Å². The maximum atomic E-state index is 6.12. The molecule has 0 radical (unpaired) electrons. The molecule has 0 aliphatic heterocycles. The van der Waals surface area contributed by atoms with Crippen molar-refractivity contribution in [1.82, 2.24) is 0 Å². The number of likely N-dealkylation sites (N-methyl/N-ethyl adjacent to an activating group) is 2. The average Bonchev–Trinajstić information content (AvgIpc) is 3.04. The van der Waals surface area contributed by atoms with Crippen molar-refractivity contribution in [3.05, 3.63) is 36.1 Å². The predicted octanol–water partition coefficient (Wildman–Crippen LogP) is 4.67. The van der Waals surface area contributed by atoms with Crippen molar-refractivity contribution in [3.8, 4) is 0 Å². The highest BCUT2D eigenvalue weighted by molar-refractivity contribution is 5.77. The number of para-hydroxylation sites is 1. The maximum absolute atomic E-state index is 6.12. The second-order valence-electron chi connectivity index (χ2n) is 7.12. The minimum absolute atomic E-state index is 0.999. The average molecular weight is 333 g/mol. The van der Waals surface area contributed by atoms with E-state index >= 15 is 0 Å². The lowest BCUT2D eigenvalue weighted by Gasteiger charge is -2.41. The van der Waals surface area contributed by atoms with E-state index in [4.69, 9.17) is 4.42 Å². The molecule has 0 saturated carbocycles. The van der Waals surface area contributed by atoms with Crippen LogP contribution in [0, 0.1) is 0 Å². The molecule has 0 aliphatic carbocycles. The highest BCUT2D eigenvalue weighted by Gasteiger charge is 2.31. The van der Waals surface area contributed by atoms with Gasteiger partial charge in [-0.25, -0.2) is 0 Å². The van der Waals surface area contributed by atoms with Crippen molar-refractivity contribution in [2.75, 3.05) is 45.8 Å². The van der Waals surface area contributed by atoms with E-state index in [-0.39, 0.29) is 0 Å². The predicted molar refractivity (Wildman–Crippen MR) is 103 cm³/mol. The smallest absolute Gasteiger partial charge is 0.159 e. The quantitative estimate of drug-likeness (QED) is 0.577. The minimum Gasteiger partial charge on any atom is -0.455 e. The molecule has 0 spiro atoms. The fraction of sp³-hybridized carbons (Fsp3) is 0.619. The number of benzene rings is 1. The minimum atomic E-state index is 0.999. The van der Waals surface area contributed by atoms with Crippen molar-refractivity contribution < 1.29 is 13.4 Å². The molecule has 0 unspecified atom stereocenters. The molecule has 2 rings (SSSR count). The first-order valence-corrected chi connectivity index (χ1v) is 9.73. The number of hydrogen-bond donors (Lipinski definition) is 0. The number of nitrogens with zero attached hydrogens (tertiary/aromatic N) is 2. The largest absolute Gasteiger partial charge is 0.455 e.